The molecule has 0 bridgehead atoms. The average molecular weight is 438 g/mol. The SMILES string of the molecule is CC(=O)N1CCC2(C1)CN(C(=O)Cc1ncc(F)s1)c1ccc(Br)cc12. The van der Waals surface area contributed by atoms with Gasteiger partial charge in [-0.05, 0) is 30.2 Å². The number of carbonyl (C=O) groups is 2. The van der Waals surface area contributed by atoms with E-state index in [2.05, 4.69) is 27.0 Å². The van der Waals surface area contributed by atoms with Gasteiger partial charge in [0, 0.05) is 42.1 Å². The minimum atomic E-state index is -0.386. The molecular weight excluding hydrogens is 421 g/mol. The first-order valence-electron chi connectivity index (χ1n) is 8.34. The van der Waals surface area contributed by atoms with Crippen LogP contribution in [0.3, 0.4) is 0 Å². The van der Waals surface area contributed by atoms with Crippen molar-refractivity contribution < 1.29 is 14.0 Å². The zero-order valence-corrected chi connectivity index (χ0v) is 16.6. The molecule has 1 saturated heterocycles. The molecule has 5 nitrogen and oxygen atoms in total. The van der Waals surface area contributed by atoms with Crippen LogP contribution in [0, 0.1) is 5.13 Å². The second kappa shape index (κ2) is 6.42. The normalized spacial score (nSPS) is 21.5. The number of thiazole rings is 1. The maximum atomic E-state index is 13.2. The van der Waals surface area contributed by atoms with Gasteiger partial charge in [0.15, 0.2) is 5.13 Å². The molecule has 0 radical (unpaired) electrons. The number of aromatic nitrogens is 1. The van der Waals surface area contributed by atoms with E-state index in [-0.39, 0.29) is 28.8 Å². The van der Waals surface area contributed by atoms with Gasteiger partial charge in [-0.1, -0.05) is 27.3 Å². The zero-order valence-electron chi connectivity index (χ0n) is 14.2. The average Bonchev–Trinajstić information content (AvgIpc) is 3.27. The summed E-state index contributed by atoms with van der Waals surface area (Å²) in [5, 5.41) is 0.0896. The maximum absolute atomic E-state index is 13.2. The topological polar surface area (TPSA) is 53.5 Å². The minimum Gasteiger partial charge on any atom is -0.342 e. The molecule has 8 heteroatoms. The largest absolute Gasteiger partial charge is 0.342 e. The van der Waals surface area contributed by atoms with Gasteiger partial charge in [0.2, 0.25) is 11.8 Å². The molecule has 26 heavy (non-hydrogen) atoms. The molecule has 1 unspecified atom stereocenters. The lowest BCUT2D eigenvalue weighted by molar-refractivity contribution is -0.127. The summed E-state index contributed by atoms with van der Waals surface area (Å²) in [6.07, 6.45) is 2.05. The Hall–Kier alpha value is -1.80. The Kier molecular flexibility index (Phi) is 4.35. The van der Waals surface area contributed by atoms with E-state index in [1.54, 1.807) is 11.8 Å². The second-order valence-electron chi connectivity index (χ2n) is 6.85. The Labute approximate surface area is 162 Å². The summed E-state index contributed by atoms with van der Waals surface area (Å²) in [6.45, 7) is 3.42. The molecule has 136 valence electrons. The van der Waals surface area contributed by atoms with E-state index in [1.807, 2.05) is 17.0 Å². The number of amides is 2. The summed E-state index contributed by atoms with van der Waals surface area (Å²) in [4.78, 5) is 32.3. The van der Waals surface area contributed by atoms with Crippen molar-refractivity contribution in [3.8, 4) is 0 Å². The van der Waals surface area contributed by atoms with Gasteiger partial charge >= 0.3 is 0 Å². The molecule has 1 aromatic heterocycles. The Bertz CT molecular complexity index is 902. The summed E-state index contributed by atoms with van der Waals surface area (Å²) < 4.78 is 14.1. The lowest BCUT2D eigenvalue weighted by Crippen LogP contribution is -2.40. The lowest BCUT2D eigenvalue weighted by Gasteiger charge is -2.25. The van der Waals surface area contributed by atoms with Crippen molar-refractivity contribution in [1.82, 2.24) is 9.88 Å². The quantitative estimate of drug-likeness (QED) is 0.724. The molecule has 2 aliphatic heterocycles. The Morgan fingerprint density at radius 2 is 2.19 bits per heavy atom. The van der Waals surface area contributed by atoms with Crippen LogP contribution in [0.4, 0.5) is 10.1 Å². The number of anilines is 1. The van der Waals surface area contributed by atoms with E-state index in [1.165, 1.54) is 0 Å². The van der Waals surface area contributed by atoms with Crippen molar-refractivity contribution in [2.45, 2.75) is 25.2 Å². The van der Waals surface area contributed by atoms with Crippen molar-refractivity contribution in [3.63, 3.8) is 0 Å². The molecule has 2 aliphatic rings. The molecular formula is C18H17BrFN3O2S. The lowest BCUT2D eigenvalue weighted by atomic mass is 9.81. The highest BCUT2D eigenvalue weighted by Crippen LogP contribution is 2.47. The van der Waals surface area contributed by atoms with Gasteiger partial charge in [-0.2, -0.15) is 4.39 Å². The molecule has 0 N–H and O–H groups in total. The fraction of sp³-hybridized carbons (Fsp3) is 0.389. The van der Waals surface area contributed by atoms with Gasteiger partial charge in [0.1, 0.15) is 5.01 Å². The number of hydrogen-bond donors (Lipinski definition) is 0. The minimum absolute atomic E-state index is 0.0569. The van der Waals surface area contributed by atoms with Gasteiger partial charge in [0.05, 0.1) is 12.6 Å². The number of benzene rings is 1. The molecule has 0 aliphatic carbocycles. The van der Waals surface area contributed by atoms with Crippen LogP contribution in [0.1, 0.15) is 23.9 Å². The number of nitrogens with zero attached hydrogens (tertiary/aromatic N) is 3. The van der Waals surface area contributed by atoms with Crippen LogP contribution in [0.2, 0.25) is 0 Å². The third-order valence-corrected chi connectivity index (χ3v) is 6.49. The predicted octanol–water partition coefficient (Wildman–Crippen LogP) is 3.12. The van der Waals surface area contributed by atoms with Gasteiger partial charge in [0.25, 0.3) is 0 Å². The van der Waals surface area contributed by atoms with Crippen molar-refractivity contribution in [2.75, 3.05) is 24.5 Å². The third-order valence-electron chi connectivity index (χ3n) is 5.21. The molecule has 3 heterocycles. The van der Waals surface area contributed by atoms with E-state index >= 15 is 0 Å². The van der Waals surface area contributed by atoms with Gasteiger partial charge < -0.3 is 9.80 Å². The fourth-order valence-electron chi connectivity index (χ4n) is 3.95. The molecule has 1 spiro atoms. The highest BCUT2D eigenvalue weighted by atomic mass is 79.9. The summed E-state index contributed by atoms with van der Waals surface area (Å²) in [7, 11) is 0. The van der Waals surface area contributed by atoms with E-state index < -0.39 is 0 Å². The molecule has 1 atom stereocenters. The number of rotatable bonds is 2. The fourth-order valence-corrected chi connectivity index (χ4v) is 4.94. The molecule has 0 saturated carbocycles. The zero-order chi connectivity index (χ0) is 18.5. The van der Waals surface area contributed by atoms with Crippen LogP contribution in [0.5, 0.6) is 0 Å². The number of carbonyl (C=O) groups excluding carboxylic acids is 2. The van der Waals surface area contributed by atoms with E-state index in [0.717, 1.165) is 39.7 Å². The Morgan fingerprint density at radius 1 is 1.38 bits per heavy atom. The maximum Gasteiger partial charge on any atom is 0.233 e. The van der Waals surface area contributed by atoms with Crippen LogP contribution in [-0.2, 0) is 21.4 Å². The number of hydrogen-bond acceptors (Lipinski definition) is 4. The van der Waals surface area contributed by atoms with Crippen molar-refractivity contribution in [3.05, 3.63) is 44.6 Å². The highest BCUT2D eigenvalue weighted by molar-refractivity contribution is 9.10. The van der Waals surface area contributed by atoms with Crippen molar-refractivity contribution in [1.29, 1.82) is 0 Å². The van der Waals surface area contributed by atoms with E-state index in [0.29, 0.717) is 24.6 Å². The Morgan fingerprint density at radius 3 is 2.85 bits per heavy atom. The van der Waals surface area contributed by atoms with Crippen molar-refractivity contribution >= 4 is 44.8 Å². The molecule has 2 aromatic rings. The highest BCUT2D eigenvalue weighted by Gasteiger charge is 2.49. The molecule has 1 fully saturated rings. The number of fused-ring (bicyclic) bond motifs is 2. The predicted molar refractivity (Wildman–Crippen MR) is 101 cm³/mol. The van der Waals surface area contributed by atoms with Crippen LogP contribution >= 0.6 is 27.3 Å². The standard InChI is InChI=1S/C18H17BrFN3O2S/c1-11(24)22-5-4-18(9-22)10-23(14-3-2-12(19)6-13(14)18)17(25)7-16-21-8-15(20)26-16/h2-3,6,8H,4-5,7,9-10H2,1H3. The first-order chi connectivity index (χ1) is 12.4. The van der Waals surface area contributed by atoms with Gasteiger partial charge in [-0.15, -0.1) is 0 Å². The number of halogens is 2. The molecule has 1 aromatic carbocycles. The van der Waals surface area contributed by atoms with Crippen LogP contribution < -0.4 is 4.90 Å². The summed E-state index contributed by atoms with van der Waals surface area (Å²) in [5.74, 6) is -0.0393. The summed E-state index contributed by atoms with van der Waals surface area (Å²) in [5.41, 5.74) is 1.73. The van der Waals surface area contributed by atoms with Crippen LogP contribution in [-0.4, -0.2) is 41.3 Å². The summed E-state index contributed by atoms with van der Waals surface area (Å²) in [6, 6.07) is 5.90. The monoisotopic (exact) mass is 437 g/mol. The van der Waals surface area contributed by atoms with Crippen molar-refractivity contribution in [2.24, 2.45) is 0 Å². The summed E-state index contributed by atoms with van der Waals surface area (Å²) >= 11 is 4.42. The first kappa shape index (κ1) is 17.6. The van der Waals surface area contributed by atoms with Gasteiger partial charge in [-0.3, -0.25) is 9.59 Å². The number of likely N-dealkylation sites (tertiary alicyclic amines) is 1. The van der Waals surface area contributed by atoms with Crippen LogP contribution in [0.15, 0.2) is 28.9 Å². The smallest absolute Gasteiger partial charge is 0.233 e. The second-order valence-corrected chi connectivity index (χ2v) is 8.83. The Balaban J connectivity index is 1.66. The van der Waals surface area contributed by atoms with E-state index in [4.69, 9.17) is 0 Å². The molecule has 4 rings (SSSR count). The third kappa shape index (κ3) is 2.95. The first-order valence-corrected chi connectivity index (χ1v) is 9.95. The van der Waals surface area contributed by atoms with Crippen LogP contribution in [0.25, 0.3) is 0 Å². The van der Waals surface area contributed by atoms with E-state index in [9.17, 15) is 14.0 Å². The van der Waals surface area contributed by atoms with Gasteiger partial charge in [-0.25, -0.2) is 4.98 Å². The molecule has 2 amide bonds.